The Morgan fingerprint density at radius 2 is 1.52 bits per heavy atom. The van der Waals surface area contributed by atoms with Crippen LogP contribution in [0.25, 0.3) is 0 Å². The van der Waals surface area contributed by atoms with Crippen LogP contribution in [0.3, 0.4) is 0 Å². The summed E-state index contributed by atoms with van der Waals surface area (Å²) in [7, 11) is 2.35. The van der Waals surface area contributed by atoms with E-state index in [-0.39, 0.29) is 17.5 Å². The summed E-state index contributed by atoms with van der Waals surface area (Å²) in [6.45, 7) is 0. The molecule has 0 aliphatic carbocycles. The average Bonchev–Trinajstić information content (AvgIpc) is 2.82. The predicted octanol–water partition coefficient (Wildman–Crippen LogP) is 1.15. The molecule has 1 aromatic carbocycles. The maximum Gasteiger partial charge on any atom is 0.329 e. The maximum atomic E-state index is 12.5. The molecule has 7 nitrogen and oxygen atoms in total. The van der Waals surface area contributed by atoms with Crippen molar-refractivity contribution >= 4 is 39.7 Å². The van der Waals surface area contributed by atoms with Crippen LogP contribution in [0.1, 0.15) is 27.1 Å². The Bertz CT molecular complexity index is 639. The van der Waals surface area contributed by atoms with Gasteiger partial charge >= 0.3 is 11.9 Å². The van der Waals surface area contributed by atoms with Crippen LogP contribution >= 0.6 is 15.9 Å². The van der Waals surface area contributed by atoms with Gasteiger partial charge in [0.15, 0.2) is 0 Å². The topological polar surface area (TPSA) is 90.0 Å². The molecule has 2 rings (SSSR count). The summed E-state index contributed by atoms with van der Waals surface area (Å²) in [5, 5.41) is 0. The van der Waals surface area contributed by atoms with E-state index in [1.807, 2.05) is 0 Å². The van der Waals surface area contributed by atoms with E-state index in [2.05, 4.69) is 25.4 Å². The highest BCUT2D eigenvalue weighted by atomic mass is 79.9. The highest BCUT2D eigenvalue weighted by molar-refractivity contribution is 9.10. The Hall–Kier alpha value is -2.22. The number of ether oxygens (including phenoxy) is 2. The second kappa shape index (κ2) is 6.91. The molecule has 122 valence electrons. The van der Waals surface area contributed by atoms with Crippen LogP contribution in [-0.2, 0) is 19.1 Å². The molecule has 2 atom stereocenters. The van der Waals surface area contributed by atoms with E-state index in [0.29, 0.717) is 0 Å². The largest absolute Gasteiger partial charge is 0.468 e. The van der Waals surface area contributed by atoms with Crippen molar-refractivity contribution in [2.45, 2.75) is 17.3 Å². The number of esters is 2. The quantitative estimate of drug-likeness (QED) is 0.430. The van der Waals surface area contributed by atoms with Crippen LogP contribution in [-0.4, -0.2) is 53.7 Å². The maximum absolute atomic E-state index is 12.5. The van der Waals surface area contributed by atoms with Crippen molar-refractivity contribution in [1.82, 2.24) is 4.90 Å². The molecule has 0 fully saturated rings. The van der Waals surface area contributed by atoms with E-state index in [4.69, 9.17) is 0 Å². The number of rotatable bonds is 5. The third-order valence-electron chi connectivity index (χ3n) is 3.50. The smallest absolute Gasteiger partial charge is 0.329 e. The summed E-state index contributed by atoms with van der Waals surface area (Å²) in [6, 6.07) is 5.05. The third kappa shape index (κ3) is 3.12. The Kier molecular flexibility index (Phi) is 5.15. The van der Waals surface area contributed by atoms with Crippen molar-refractivity contribution in [3.05, 3.63) is 35.4 Å². The summed E-state index contributed by atoms with van der Waals surface area (Å²) >= 11 is 3.09. The Labute approximate surface area is 140 Å². The van der Waals surface area contributed by atoms with Gasteiger partial charge in [-0.2, -0.15) is 0 Å². The number of hydrogen-bond acceptors (Lipinski definition) is 6. The van der Waals surface area contributed by atoms with Crippen LogP contribution in [0, 0.1) is 0 Å². The van der Waals surface area contributed by atoms with Gasteiger partial charge in [0.05, 0.1) is 25.3 Å². The van der Waals surface area contributed by atoms with Gasteiger partial charge in [-0.25, -0.2) is 4.79 Å². The van der Waals surface area contributed by atoms with Gasteiger partial charge in [0.2, 0.25) is 0 Å². The molecular weight excluding hydrogens is 370 g/mol. The first-order valence-electron chi connectivity index (χ1n) is 6.69. The number of carbonyl (C=O) groups excluding carboxylic acids is 4. The lowest BCUT2D eigenvalue weighted by molar-refractivity contribution is -0.146. The van der Waals surface area contributed by atoms with E-state index in [1.165, 1.54) is 19.2 Å². The second-order valence-corrected chi connectivity index (χ2v) is 5.90. The van der Waals surface area contributed by atoms with Crippen molar-refractivity contribution in [3.63, 3.8) is 0 Å². The number of amides is 2. The van der Waals surface area contributed by atoms with Crippen molar-refractivity contribution in [2.24, 2.45) is 0 Å². The van der Waals surface area contributed by atoms with E-state index < -0.39 is 34.6 Å². The summed E-state index contributed by atoms with van der Waals surface area (Å²) < 4.78 is 9.25. The molecule has 0 aromatic heterocycles. The number of alkyl halides is 1. The predicted molar refractivity (Wildman–Crippen MR) is 82.1 cm³/mol. The van der Waals surface area contributed by atoms with Crippen LogP contribution in [0.4, 0.5) is 0 Å². The first kappa shape index (κ1) is 17.1. The molecule has 23 heavy (non-hydrogen) atoms. The van der Waals surface area contributed by atoms with Crippen LogP contribution in [0.2, 0.25) is 0 Å². The van der Waals surface area contributed by atoms with Gasteiger partial charge in [-0.3, -0.25) is 19.3 Å². The fourth-order valence-corrected chi connectivity index (χ4v) is 2.90. The van der Waals surface area contributed by atoms with Gasteiger partial charge < -0.3 is 9.47 Å². The summed E-state index contributed by atoms with van der Waals surface area (Å²) in [6.07, 6.45) is -0.148. The molecular formula is C15H14BrNO6. The molecule has 2 amide bonds. The van der Waals surface area contributed by atoms with Gasteiger partial charge in [-0.1, -0.05) is 28.1 Å². The normalized spacial score (nSPS) is 15.9. The average molecular weight is 384 g/mol. The molecule has 0 saturated carbocycles. The van der Waals surface area contributed by atoms with E-state index in [9.17, 15) is 19.2 Å². The zero-order valence-corrected chi connectivity index (χ0v) is 14.0. The molecule has 8 heteroatoms. The molecule has 0 N–H and O–H groups in total. The minimum Gasteiger partial charge on any atom is -0.468 e. The van der Waals surface area contributed by atoms with Gasteiger partial charge in [0, 0.05) is 6.42 Å². The van der Waals surface area contributed by atoms with Gasteiger partial charge in [0.1, 0.15) is 10.9 Å². The molecule has 2 unspecified atom stereocenters. The van der Waals surface area contributed by atoms with E-state index >= 15 is 0 Å². The third-order valence-corrected chi connectivity index (χ3v) is 4.25. The van der Waals surface area contributed by atoms with Gasteiger partial charge in [0.25, 0.3) is 11.8 Å². The molecule has 1 heterocycles. The zero-order valence-electron chi connectivity index (χ0n) is 12.4. The Morgan fingerprint density at radius 3 is 1.96 bits per heavy atom. The number of methoxy groups -OCH3 is 2. The standard InChI is InChI=1S/C15H14BrNO6/c1-22-14(20)10(16)7-11(15(21)23-2)17-12(18)8-5-3-4-6-9(8)13(17)19/h3-6,10-11H,7H2,1-2H3. The van der Waals surface area contributed by atoms with Crippen molar-refractivity contribution < 1.29 is 28.7 Å². The fourth-order valence-electron chi connectivity index (χ4n) is 2.35. The summed E-state index contributed by atoms with van der Waals surface area (Å²) in [4.78, 5) is 48.5. The van der Waals surface area contributed by atoms with Crippen LogP contribution in [0.15, 0.2) is 24.3 Å². The Balaban J connectivity index is 2.34. The van der Waals surface area contributed by atoms with E-state index in [1.54, 1.807) is 12.1 Å². The van der Waals surface area contributed by atoms with Crippen molar-refractivity contribution in [2.75, 3.05) is 14.2 Å². The van der Waals surface area contributed by atoms with Gasteiger partial charge in [-0.05, 0) is 12.1 Å². The Morgan fingerprint density at radius 1 is 1.04 bits per heavy atom. The number of imide groups is 1. The molecule has 0 saturated heterocycles. The lowest BCUT2D eigenvalue weighted by atomic mass is 10.1. The number of fused-ring (bicyclic) bond motifs is 1. The number of hydrogen-bond donors (Lipinski definition) is 0. The zero-order chi connectivity index (χ0) is 17.1. The van der Waals surface area contributed by atoms with Crippen molar-refractivity contribution in [3.8, 4) is 0 Å². The highest BCUT2D eigenvalue weighted by Crippen LogP contribution is 2.27. The lowest BCUT2D eigenvalue weighted by Crippen LogP contribution is -2.47. The first-order chi connectivity index (χ1) is 10.9. The number of carbonyl (C=O) groups is 4. The van der Waals surface area contributed by atoms with Crippen LogP contribution < -0.4 is 0 Å². The molecule has 0 spiro atoms. The minimum atomic E-state index is -1.23. The monoisotopic (exact) mass is 383 g/mol. The highest BCUT2D eigenvalue weighted by Gasteiger charge is 2.44. The first-order valence-corrected chi connectivity index (χ1v) is 7.60. The minimum absolute atomic E-state index is 0.148. The molecule has 1 aliphatic rings. The summed E-state index contributed by atoms with van der Waals surface area (Å²) in [5.41, 5.74) is 0.436. The van der Waals surface area contributed by atoms with Gasteiger partial charge in [-0.15, -0.1) is 0 Å². The number of nitrogens with zero attached hydrogens (tertiary/aromatic N) is 1. The lowest BCUT2D eigenvalue weighted by Gasteiger charge is -2.25. The number of benzene rings is 1. The number of halogens is 1. The molecule has 0 bridgehead atoms. The van der Waals surface area contributed by atoms with Crippen LogP contribution in [0.5, 0.6) is 0 Å². The summed E-state index contributed by atoms with van der Waals surface area (Å²) in [5.74, 6) is -2.58. The molecule has 1 aromatic rings. The molecule has 1 aliphatic heterocycles. The second-order valence-electron chi connectivity index (χ2n) is 4.79. The SMILES string of the molecule is COC(=O)C(Br)CC(C(=O)OC)N1C(=O)c2ccccc2C1=O. The fraction of sp³-hybridized carbons (Fsp3) is 0.333. The van der Waals surface area contributed by atoms with Crippen molar-refractivity contribution in [1.29, 1.82) is 0 Å². The van der Waals surface area contributed by atoms with E-state index in [0.717, 1.165) is 12.0 Å². The molecule has 0 radical (unpaired) electrons.